The summed E-state index contributed by atoms with van der Waals surface area (Å²) in [5.41, 5.74) is 0.618. The number of nitrogens with zero attached hydrogens (tertiary/aromatic N) is 1. The topological polar surface area (TPSA) is 65.1 Å². The predicted octanol–water partition coefficient (Wildman–Crippen LogP) is 0.840. The fraction of sp³-hybridized carbons (Fsp3) is 0.333. The summed E-state index contributed by atoms with van der Waals surface area (Å²) in [5.74, 6) is 0.756. The van der Waals surface area contributed by atoms with Crippen molar-refractivity contribution in [2.75, 3.05) is 32.8 Å². The van der Waals surface area contributed by atoms with E-state index in [0.29, 0.717) is 17.2 Å². The van der Waals surface area contributed by atoms with Crippen molar-refractivity contribution in [3.63, 3.8) is 0 Å². The third-order valence-corrected chi connectivity index (χ3v) is 2.40. The summed E-state index contributed by atoms with van der Waals surface area (Å²) >= 11 is 0. The number of rotatable bonds is 6. The summed E-state index contributed by atoms with van der Waals surface area (Å²) in [6.45, 7) is -0.0608. The van der Waals surface area contributed by atoms with Crippen LogP contribution in [0.3, 0.4) is 0 Å². The first-order valence-corrected chi connectivity index (χ1v) is 5.17. The molecule has 0 N–H and O–H groups in total. The number of anilines is 1. The zero-order valence-corrected chi connectivity index (χ0v) is 10.5. The van der Waals surface area contributed by atoms with Gasteiger partial charge in [0.2, 0.25) is 0 Å². The van der Waals surface area contributed by atoms with E-state index < -0.39 is 0 Å². The van der Waals surface area contributed by atoms with E-state index in [0.717, 1.165) is 0 Å². The minimum absolute atomic E-state index is 0.236. The number of hydrogen-bond donors (Lipinski definition) is 0. The minimum Gasteiger partial charge on any atom is -0.493 e. The van der Waals surface area contributed by atoms with Crippen molar-refractivity contribution < 1.29 is 23.8 Å². The van der Waals surface area contributed by atoms with Crippen LogP contribution in [-0.2, 0) is 14.3 Å². The molecule has 1 amide bonds. The lowest BCUT2D eigenvalue weighted by Crippen LogP contribution is -2.29. The Balaban J connectivity index is 2.88. The second kappa shape index (κ2) is 6.48. The molecule has 0 fully saturated rings. The Kier molecular flexibility index (Phi) is 4.98. The fourth-order valence-corrected chi connectivity index (χ4v) is 1.38. The van der Waals surface area contributed by atoms with Crippen molar-refractivity contribution in [1.29, 1.82) is 0 Å². The first-order valence-electron chi connectivity index (χ1n) is 5.17. The van der Waals surface area contributed by atoms with Crippen LogP contribution in [0.4, 0.5) is 5.69 Å². The summed E-state index contributed by atoms with van der Waals surface area (Å²) in [5, 5.41) is 0. The van der Waals surface area contributed by atoms with Gasteiger partial charge in [0.05, 0.1) is 14.2 Å². The van der Waals surface area contributed by atoms with Crippen LogP contribution in [0.2, 0.25) is 0 Å². The molecule has 0 heterocycles. The van der Waals surface area contributed by atoms with Crippen LogP contribution in [0.1, 0.15) is 0 Å². The zero-order chi connectivity index (χ0) is 13.5. The Labute approximate surface area is 105 Å². The van der Waals surface area contributed by atoms with Crippen LogP contribution in [0.25, 0.3) is 0 Å². The molecule has 1 rings (SSSR count). The number of benzene rings is 1. The Morgan fingerprint density at radius 3 is 2.50 bits per heavy atom. The van der Waals surface area contributed by atoms with Gasteiger partial charge in [-0.3, -0.25) is 9.59 Å². The number of methoxy groups -OCH3 is 2. The molecule has 6 nitrogen and oxygen atoms in total. The van der Waals surface area contributed by atoms with Gasteiger partial charge in [0.25, 0.3) is 12.4 Å². The van der Waals surface area contributed by atoms with Gasteiger partial charge >= 0.3 is 0 Å². The molecule has 1 aromatic carbocycles. The van der Waals surface area contributed by atoms with Gasteiger partial charge in [0.1, 0.15) is 0 Å². The number of ether oxygens (including phenoxy) is 3. The highest BCUT2D eigenvalue weighted by molar-refractivity contribution is 5.94. The summed E-state index contributed by atoms with van der Waals surface area (Å²) in [6.07, 6.45) is 0. The number of amides is 1. The summed E-state index contributed by atoms with van der Waals surface area (Å²) in [7, 11) is 4.63. The third kappa shape index (κ3) is 3.13. The molecule has 0 saturated heterocycles. The quantitative estimate of drug-likeness (QED) is 0.703. The molecule has 0 aromatic heterocycles. The molecule has 0 aliphatic heterocycles. The van der Waals surface area contributed by atoms with Crippen molar-refractivity contribution in [2.45, 2.75) is 0 Å². The molecule has 18 heavy (non-hydrogen) atoms. The molecule has 0 atom stereocenters. The molecule has 0 aliphatic rings. The van der Waals surface area contributed by atoms with Crippen LogP contribution >= 0.6 is 0 Å². The van der Waals surface area contributed by atoms with Gasteiger partial charge in [0.15, 0.2) is 18.1 Å². The normalized spacial score (nSPS) is 9.50. The highest BCUT2D eigenvalue weighted by Crippen LogP contribution is 2.31. The standard InChI is InChI=1S/C12H15NO5/c1-13(12(15)7-18-8-14)9-4-5-10(16-2)11(6-9)17-3/h4-6,8H,7H2,1-3H3. The maximum absolute atomic E-state index is 11.6. The van der Waals surface area contributed by atoms with E-state index in [2.05, 4.69) is 4.74 Å². The highest BCUT2D eigenvalue weighted by atomic mass is 16.5. The van der Waals surface area contributed by atoms with Gasteiger partial charge in [0, 0.05) is 18.8 Å². The Hall–Kier alpha value is -2.24. The summed E-state index contributed by atoms with van der Waals surface area (Å²) < 4.78 is 14.6. The predicted molar refractivity (Wildman–Crippen MR) is 65.0 cm³/mol. The molecule has 0 spiro atoms. The molecule has 0 radical (unpaired) electrons. The molecular formula is C12H15NO5. The summed E-state index contributed by atoms with van der Waals surface area (Å²) in [4.78, 5) is 23.0. The smallest absolute Gasteiger partial charge is 0.293 e. The maximum atomic E-state index is 11.6. The van der Waals surface area contributed by atoms with Crippen LogP contribution < -0.4 is 14.4 Å². The van der Waals surface area contributed by atoms with E-state index in [4.69, 9.17) is 9.47 Å². The van der Waals surface area contributed by atoms with E-state index in [1.807, 2.05) is 0 Å². The third-order valence-electron chi connectivity index (χ3n) is 2.40. The molecule has 1 aromatic rings. The zero-order valence-electron chi connectivity index (χ0n) is 10.5. The SMILES string of the molecule is COc1ccc(N(C)C(=O)COC=O)cc1OC. The molecule has 98 valence electrons. The van der Waals surface area contributed by atoms with Crippen molar-refractivity contribution in [2.24, 2.45) is 0 Å². The molecule has 0 bridgehead atoms. The van der Waals surface area contributed by atoms with Gasteiger partial charge in [-0.25, -0.2) is 0 Å². The maximum Gasteiger partial charge on any atom is 0.293 e. The van der Waals surface area contributed by atoms with Crippen LogP contribution in [0.15, 0.2) is 18.2 Å². The minimum atomic E-state index is -0.339. The van der Waals surface area contributed by atoms with Gasteiger partial charge in [-0.1, -0.05) is 0 Å². The second-order valence-electron chi connectivity index (χ2n) is 3.40. The fourth-order valence-electron chi connectivity index (χ4n) is 1.38. The molecular weight excluding hydrogens is 238 g/mol. The van der Waals surface area contributed by atoms with Crippen molar-refractivity contribution >= 4 is 18.1 Å². The Morgan fingerprint density at radius 1 is 1.28 bits per heavy atom. The van der Waals surface area contributed by atoms with Gasteiger partial charge in [-0.05, 0) is 12.1 Å². The molecule has 6 heteroatoms. The van der Waals surface area contributed by atoms with Crippen LogP contribution in [0.5, 0.6) is 11.5 Å². The molecule has 0 aliphatic carbocycles. The monoisotopic (exact) mass is 253 g/mol. The van der Waals surface area contributed by atoms with E-state index in [1.54, 1.807) is 25.2 Å². The van der Waals surface area contributed by atoms with E-state index >= 15 is 0 Å². The van der Waals surface area contributed by atoms with E-state index in [1.165, 1.54) is 19.1 Å². The van der Waals surface area contributed by atoms with Crippen molar-refractivity contribution in [3.8, 4) is 11.5 Å². The second-order valence-corrected chi connectivity index (χ2v) is 3.40. The molecule has 0 unspecified atom stereocenters. The Morgan fingerprint density at radius 2 is 1.94 bits per heavy atom. The molecule has 0 saturated carbocycles. The number of carbonyl (C=O) groups is 2. The summed E-state index contributed by atoms with van der Waals surface area (Å²) in [6, 6.07) is 5.07. The van der Waals surface area contributed by atoms with Gasteiger partial charge in [-0.2, -0.15) is 0 Å². The van der Waals surface area contributed by atoms with Crippen molar-refractivity contribution in [3.05, 3.63) is 18.2 Å². The average molecular weight is 253 g/mol. The first kappa shape index (κ1) is 13.8. The lowest BCUT2D eigenvalue weighted by Gasteiger charge is -2.18. The van der Waals surface area contributed by atoms with E-state index in [9.17, 15) is 9.59 Å². The van der Waals surface area contributed by atoms with E-state index in [-0.39, 0.29) is 19.0 Å². The number of carbonyl (C=O) groups excluding carboxylic acids is 2. The highest BCUT2D eigenvalue weighted by Gasteiger charge is 2.13. The van der Waals surface area contributed by atoms with Crippen molar-refractivity contribution in [1.82, 2.24) is 0 Å². The first-order chi connectivity index (χ1) is 8.63. The van der Waals surface area contributed by atoms with Crippen LogP contribution in [0, 0.1) is 0 Å². The number of hydrogen-bond acceptors (Lipinski definition) is 5. The number of likely N-dealkylation sites (N-methyl/N-ethyl adjacent to an activating group) is 1. The van der Waals surface area contributed by atoms with Gasteiger partial charge < -0.3 is 19.1 Å². The Bertz CT molecular complexity index is 432. The lowest BCUT2D eigenvalue weighted by molar-refractivity contribution is -0.136. The van der Waals surface area contributed by atoms with Gasteiger partial charge in [-0.15, -0.1) is 0 Å². The lowest BCUT2D eigenvalue weighted by atomic mass is 10.2. The van der Waals surface area contributed by atoms with Crippen LogP contribution in [-0.4, -0.2) is 40.3 Å². The largest absolute Gasteiger partial charge is 0.493 e. The average Bonchev–Trinajstić information content (AvgIpc) is 2.42.